The van der Waals surface area contributed by atoms with E-state index in [-0.39, 0.29) is 24.4 Å². The Balaban J connectivity index is 1.43. The van der Waals surface area contributed by atoms with E-state index in [1.165, 1.54) is 0 Å². The van der Waals surface area contributed by atoms with E-state index in [1.807, 2.05) is 48.5 Å². The highest BCUT2D eigenvalue weighted by atomic mass is 35.5. The molecule has 1 saturated heterocycles. The first-order valence-electron chi connectivity index (χ1n) is 9.05. The van der Waals surface area contributed by atoms with Gasteiger partial charge in [-0.3, -0.25) is 9.59 Å². The zero-order chi connectivity index (χ0) is 19.1. The van der Waals surface area contributed by atoms with E-state index in [0.29, 0.717) is 31.0 Å². The number of hydrogen-bond donors (Lipinski definition) is 0. The molecule has 0 bridgehead atoms. The Hall–Kier alpha value is -2.59. The van der Waals surface area contributed by atoms with Crippen LogP contribution in [0, 0.1) is 5.92 Å². The Labute approximate surface area is 164 Å². The number of likely N-dealkylation sites (tertiary alicyclic amines) is 1. The number of piperidine rings is 1. The lowest BCUT2D eigenvalue weighted by Gasteiger charge is -2.30. The Morgan fingerprint density at radius 3 is 2.37 bits per heavy atom. The molecular formula is C22H22ClNO3. The first-order chi connectivity index (χ1) is 13.1. The minimum Gasteiger partial charge on any atom is -0.461 e. The zero-order valence-corrected chi connectivity index (χ0v) is 15.8. The maximum Gasteiger partial charge on any atom is 0.309 e. The minimum absolute atomic E-state index is 0.0214. The van der Waals surface area contributed by atoms with Gasteiger partial charge in [0.05, 0.1) is 5.92 Å². The van der Waals surface area contributed by atoms with Crippen molar-refractivity contribution in [3.63, 3.8) is 0 Å². The summed E-state index contributed by atoms with van der Waals surface area (Å²) in [4.78, 5) is 26.3. The summed E-state index contributed by atoms with van der Waals surface area (Å²) in [6.45, 7) is 1.38. The standard InChI is InChI=1S/C22H22ClNO3/c23-20-9-6-18(7-10-20)16-27-22(26)19-12-14-24(15-13-19)21(25)11-8-17-4-2-1-3-5-17/h1-11,19H,12-16H2/b11-8+. The predicted molar refractivity (Wildman–Crippen MR) is 106 cm³/mol. The fourth-order valence-corrected chi connectivity index (χ4v) is 3.15. The van der Waals surface area contributed by atoms with Crippen molar-refractivity contribution in [3.8, 4) is 0 Å². The van der Waals surface area contributed by atoms with Crippen LogP contribution < -0.4 is 0 Å². The molecule has 2 aromatic carbocycles. The van der Waals surface area contributed by atoms with Crippen molar-refractivity contribution in [1.29, 1.82) is 0 Å². The Bertz CT molecular complexity index is 794. The number of amides is 1. The summed E-state index contributed by atoms with van der Waals surface area (Å²) < 4.78 is 5.41. The van der Waals surface area contributed by atoms with Crippen molar-refractivity contribution < 1.29 is 14.3 Å². The first kappa shape index (κ1) is 19.2. The smallest absolute Gasteiger partial charge is 0.309 e. The number of carbonyl (C=O) groups is 2. The van der Waals surface area contributed by atoms with Gasteiger partial charge in [-0.2, -0.15) is 0 Å². The van der Waals surface area contributed by atoms with Crippen molar-refractivity contribution in [2.24, 2.45) is 5.92 Å². The van der Waals surface area contributed by atoms with Crippen molar-refractivity contribution in [2.45, 2.75) is 19.4 Å². The van der Waals surface area contributed by atoms with Crippen molar-refractivity contribution in [2.75, 3.05) is 13.1 Å². The predicted octanol–water partition coefficient (Wildman–Crippen LogP) is 4.34. The molecule has 1 heterocycles. The van der Waals surface area contributed by atoms with Gasteiger partial charge in [0, 0.05) is 24.2 Å². The molecule has 0 unspecified atom stereocenters. The molecule has 4 nitrogen and oxygen atoms in total. The van der Waals surface area contributed by atoms with Crippen LogP contribution in [0.4, 0.5) is 0 Å². The van der Waals surface area contributed by atoms with Crippen LogP contribution >= 0.6 is 11.6 Å². The van der Waals surface area contributed by atoms with Gasteiger partial charge in [-0.1, -0.05) is 54.1 Å². The van der Waals surface area contributed by atoms with E-state index in [2.05, 4.69) is 0 Å². The summed E-state index contributed by atoms with van der Waals surface area (Å²) in [5.74, 6) is -0.372. The number of hydrogen-bond acceptors (Lipinski definition) is 3. The Kier molecular flexibility index (Phi) is 6.66. The molecule has 0 spiro atoms. The fourth-order valence-electron chi connectivity index (χ4n) is 3.03. The van der Waals surface area contributed by atoms with Gasteiger partial charge in [-0.05, 0) is 42.2 Å². The van der Waals surface area contributed by atoms with Crippen LogP contribution in [0.2, 0.25) is 5.02 Å². The second-order valence-electron chi connectivity index (χ2n) is 6.58. The highest BCUT2D eigenvalue weighted by molar-refractivity contribution is 6.30. The van der Waals surface area contributed by atoms with Crippen molar-refractivity contribution in [3.05, 3.63) is 76.8 Å². The quantitative estimate of drug-likeness (QED) is 0.570. The van der Waals surface area contributed by atoms with E-state index < -0.39 is 0 Å². The average Bonchev–Trinajstić information content (AvgIpc) is 2.72. The van der Waals surface area contributed by atoms with Crippen LogP contribution in [0.3, 0.4) is 0 Å². The van der Waals surface area contributed by atoms with Gasteiger partial charge >= 0.3 is 5.97 Å². The van der Waals surface area contributed by atoms with Gasteiger partial charge in [-0.25, -0.2) is 0 Å². The lowest BCUT2D eigenvalue weighted by molar-refractivity contribution is -0.152. The van der Waals surface area contributed by atoms with Crippen LogP contribution in [-0.2, 0) is 20.9 Å². The van der Waals surface area contributed by atoms with Crippen LogP contribution in [0.5, 0.6) is 0 Å². The van der Waals surface area contributed by atoms with E-state index in [1.54, 1.807) is 23.1 Å². The molecule has 0 N–H and O–H groups in total. The summed E-state index contributed by atoms with van der Waals surface area (Å²) in [5.41, 5.74) is 1.90. The summed E-state index contributed by atoms with van der Waals surface area (Å²) in [7, 11) is 0. The molecular weight excluding hydrogens is 362 g/mol. The first-order valence-corrected chi connectivity index (χ1v) is 9.43. The second kappa shape index (κ2) is 9.38. The summed E-state index contributed by atoms with van der Waals surface area (Å²) in [5, 5.41) is 0.656. The molecule has 1 amide bonds. The normalized spacial score (nSPS) is 15.1. The maximum atomic E-state index is 12.3. The third-order valence-corrected chi connectivity index (χ3v) is 4.90. The SMILES string of the molecule is O=C(OCc1ccc(Cl)cc1)C1CCN(C(=O)/C=C/c2ccccc2)CC1. The fraction of sp³-hybridized carbons (Fsp3) is 0.273. The largest absolute Gasteiger partial charge is 0.461 e. The second-order valence-corrected chi connectivity index (χ2v) is 7.01. The molecule has 0 aromatic heterocycles. The molecule has 0 saturated carbocycles. The number of nitrogens with zero attached hydrogens (tertiary/aromatic N) is 1. The molecule has 27 heavy (non-hydrogen) atoms. The Morgan fingerprint density at radius 1 is 1.04 bits per heavy atom. The summed E-state index contributed by atoms with van der Waals surface area (Å²) in [6.07, 6.45) is 4.66. The third-order valence-electron chi connectivity index (χ3n) is 4.65. The van der Waals surface area contributed by atoms with Crippen molar-refractivity contribution in [1.82, 2.24) is 4.90 Å². The molecule has 0 radical (unpaired) electrons. The Morgan fingerprint density at radius 2 is 1.70 bits per heavy atom. The molecule has 140 valence electrons. The van der Waals surface area contributed by atoms with Crippen molar-refractivity contribution >= 4 is 29.6 Å². The highest BCUT2D eigenvalue weighted by Crippen LogP contribution is 2.20. The van der Waals surface area contributed by atoms with Crippen LogP contribution in [-0.4, -0.2) is 29.9 Å². The van der Waals surface area contributed by atoms with E-state index in [9.17, 15) is 9.59 Å². The van der Waals surface area contributed by atoms with Gasteiger partial charge in [0.1, 0.15) is 6.61 Å². The highest BCUT2D eigenvalue weighted by Gasteiger charge is 2.27. The molecule has 0 atom stereocenters. The van der Waals surface area contributed by atoms with E-state index in [0.717, 1.165) is 11.1 Å². The molecule has 1 aliphatic rings. The summed E-state index contributed by atoms with van der Waals surface area (Å²) >= 11 is 5.85. The topological polar surface area (TPSA) is 46.6 Å². The zero-order valence-electron chi connectivity index (χ0n) is 15.0. The van der Waals surface area contributed by atoms with Crippen LogP contribution in [0.15, 0.2) is 60.7 Å². The summed E-state index contributed by atoms with van der Waals surface area (Å²) in [6, 6.07) is 17.0. The lowest BCUT2D eigenvalue weighted by Crippen LogP contribution is -2.39. The number of rotatable bonds is 5. The van der Waals surface area contributed by atoms with Crippen LogP contribution in [0.1, 0.15) is 24.0 Å². The minimum atomic E-state index is -0.197. The van der Waals surface area contributed by atoms with Gasteiger partial charge in [0.15, 0.2) is 0 Å². The van der Waals surface area contributed by atoms with Gasteiger partial charge in [0.2, 0.25) is 5.91 Å². The monoisotopic (exact) mass is 383 g/mol. The lowest BCUT2D eigenvalue weighted by atomic mass is 9.97. The molecule has 2 aromatic rings. The number of halogens is 1. The van der Waals surface area contributed by atoms with Gasteiger partial charge < -0.3 is 9.64 Å². The number of ether oxygens (including phenoxy) is 1. The number of benzene rings is 2. The van der Waals surface area contributed by atoms with E-state index >= 15 is 0 Å². The molecule has 5 heteroatoms. The van der Waals surface area contributed by atoms with E-state index in [4.69, 9.17) is 16.3 Å². The van der Waals surface area contributed by atoms with Crippen LogP contribution in [0.25, 0.3) is 6.08 Å². The molecule has 1 fully saturated rings. The average molecular weight is 384 g/mol. The molecule has 1 aliphatic heterocycles. The maximum absolute atomic E-state index is 12.3. The third kappa shape index (κ3) is 5.69. The molecule has 0 aliphatic carbocycles. The molecule has 3 rings (SSSR count). The number of carbonyl (C=O) groups excluding carboxylic acids is 2. The van der Waals surface area contributed by atoms with Gasteiger partial charge in [0.25, 0.3) is 0 Å². The van der Waals surface area contributed by atoms with Gasteiger partial charge in [-0.15, -0.1) is 0 Å². The number of esters is 1.